The summed E-state index contributed by atoms with van der Waals surface area (Å²) in [5, 5.41) is 12.8. The number of carboxylic acid groups (broad SMARTS) is 1. The Hall–Kier alpha value is -2.32. The minimum atomic E-state index is -1.33. The molecule has 0 saturated heterocycles. The van der Waals surface area contributed by atoms with Crippen LogP contribution in [0.25, 0.3) is 0 Å². The van der Waals surface area contributed by atoms with Crippen LogP contribution in [0.15, 0.2) is 46.3 Å². The number of halogens is 3. The number of hydrogen-bond donors (Lipinski definition) is 0. The Kier molecular flexibility index (Phi) is 5.63. The average Bonchev–Trinajstić information content (AvgIpc) is 3.04. The molecule has 0 aliphatic heterocycles. The van der Waals surface area contributed by atoms with Crippen molar-refractivity contribution in [2.24, 2.45) is 0 Å². The van der Waals surface area contributed by atoms with Crippen molar-refractivity contribution in [1.29, 1.82) is 0 Å². The summed E-state index contributed by atoms with van der Waals surface area (Å²) in [7, 11) is 0. The van der Waals surface area contributed by atoms with Crippen LogP contribution >= 0.6 is 27.3 Å². The van der Waals surface area contributed by atoms with Gasteiger partial charge < -0.3 is 14.6 Å². The molecule has 3 rings (SSSR count). The van der Waals surface area contributed by atoms with Crippen LogP contribution in [0, 0.1) is 11.6 Å². The number of ether oxygens (including phenoxy) is 1. The molecule has 0 spiro atoms. The molecule has 0 bridgehead atoms. The Bertz CT molecular complexity index is 961. The molecular weight excluding hydrogens is 428 g/mol. The molecule has 0 unspecified atom stereocenters. The fraction of sp³-hybridized carbons (Fsp3) is 0.111. The minimum absolute atomic E-state index is 0.0666. The molecule has 0 radical (unpaired) electrons. The molecule has 0 amide bonds. The zero-order valence-corrected chi connectivity index (χ0v) is 15.6. The highest BCUT2D eigenvalue weighted by Gasteiger charge is 2.11. The van der Waals surface area contributed by atoms with Gasteiger partial charge in [-0.2, -0.15) is 0 Å². The Morgan fingerprint density at radius 3 is 2.69 bits per heavy atom. The van der Waals surface area contributed by atoms with Gasteiger partial charge in [0.1, 0.15) is 24.0 Å². The van der Waals surface area contributed by atoms with E-state index in [1.54, 1.807) is 12.1 Å². The number of benzene rings is 2. The van der Waals surface area contributed by atoms with Gasteiger partial charge in [0.2, 0.25) is 0 Å². The predicted octanol–water partition coefficient (Wildman–Crippen LogP) is 3.72. The molecule has 134 valence electrons. The standard InChI is InChI=1S/C18H12BrF2NO3S/c19-12-2-4-16(25-8-10-1-3-13(20)7-14(10)21)11(5-12)6-17-22-15(9-26-17)18(23)24/h1-5,7,9H,6,8H2,(H,23,24)/p-1. The average molecular weight is 439 g/mol. The van der Waals surface area contributed by atoms with Gasteiger partial charge in [-0.3, -0.25) is 0 Å². The zero-order valence-electron chi connectivity index (χ0n) is 13.2. The van der Waals surface area contributed by atoms with Gasteiger partial charge in [0.15, 0.2) is 0 Å². The third-order valence-electron chi connectivity index (χ3n) is 3.52. The van der Waals surface area contributed by atoms with E-state index in [-0.39, 0.29) is 17.9 Å². The molecule has 26 heavy (non-hydrogen) atoms. The van der Waals surface area contributed by atoms with Gasteiger partial charge in [-0.25, -0.2) is 13.8 Å². The third-order valence-corrected chi connectivity index (χ3v) is 4.87. The van der Waals surface area contributed by atoms with E-state index in [1.165, 1.54) is 28.8 Å². The highest BCUT2D eigenvalue weighted by molar-refractivity contribution is 9.10. The van der Waals surface area contributed by atoms with Gasteiger partial charge in [-0.1, -0.05) is 15.9 Å². The first kappa shape index (κ1) is 18.5. The first-order chi connectivity index (χ1) is 12.4. The van der Waals surface area contributed by atoms with E-state index in [1.807, 2.05) is 6.07 Å². The lowest BCUT2D eigenvalue weighted by Crippen LogP contribution is -2.22. The summed E-state index contributed by atoms with van der Waals surface area (Å²) in [6.45, 7) is -0.0666. The zero-order chi connectivity index (χ0) is 18.7. The summed E-state index contributed by atoms with van der Waals surface area (Å²) in [6, 6.07) is 8.61. The highest BCUT2D eigenvalue weighted by Crippen LogP contribution is 2.28. The third kappa shape index (κ3) is 4.44. The van der Waals surface area contributed by atoms with E-state index in [9.17, 15) is 18.7 Å². The lowest BCUT2D eigenvalue weighted by molar-refractivity contribution is -0.255. The first-order valence-electron chi connectivity index (χ1n) is 7.43. The summed E-state index contributed by atoms with van der Waals surface area (Å²) in [5.41, 5.74) is 0.866. The predicted molar refractivity (Wildman–Crippen MR) is 94.1 cm³/mol. The maximum absolute atomic E-state index is 13.7. The first-order valence-corrected chi connectivity index (χ1v) is 9.10. The largest absolute Gasteiger partial charge is 0.543 e. The van der Waals surface area contributed by atoms with E-state index in [2.05, 4.69) is 20.9 Å². The SMILES string of the molecule is O=C([O-])c1csc(Cc2cc(Br)ccc2OCc2ccc(F)cc2F)n1. The number of aromatic carboxylic acids is 1. The maximum Gasteiger partial charge on any atom is 0.132 e. The number of carboxylic acids is 1. The molecule has 8 heteroatoms. The second-order valence-electron chi connectivity index (χ2n) is 5.37. The van der Waals surface area contributed by atoms with Crippen LogP contribution in [0.4, 0.5) is 8.78 Å². The van der Waals surface area contributed by atoms with E-state index in [4.69, 9.17) is 4.74 Å². The Balaban J connectivity index is 1.79. The number of rotatable bonds is 6. The molecule has 1 aromatic heterocycles. The number of carbonyl (C=O) groups is 1. The Morgan fingerprint density at radius 1 is 1.19 bits per heavy atom. The van der Waals surface area contributed by atoms with Crippen molar-refractivity contribution in [1.82, 2.24) is 4.98 Å². The van der Waals surface area contributed by atoms with Crippen molar-refractivity contribution in [2.45, 2.75) is 13.0 Å². The lowest BCUT2D eigenvalue weighted by Gasteiger charge is -2.12. The lowest BCUT2D eigenvalue weighted by atomic mass is 10.1. The molecule has 0 fully saturated rings. The molecular formula is C18H11BrF2NO3S-. The highest BCUT2D eigenvalue weighted by atomic mass is 79.9. The number of thiazole rings is 1. The van der Waals surface area contributed by atoms with Crippen molar-refractivity contribution in [3.8, 4) is 5.75 Å². The van der Waals surface area contributed by atoms with Crippen LogP contribution in [-0.4, -0.2) is 11.0 Å². The van der Waals surface area contributed by atoms with Crippen molar-refractivity contribution < 1.29 is 23.4 Å². The number of hydrogen-bond acceptors (Lipinski definition) is 5. The fourth-order valence-electron chi connectivity index (χ4n) is 2.27. The normalized spacial score (nSPS) is 10.7. The van der Waals surface area contributed by atoms with Crippen molar-refractivity contribution in [3.63, 3.8) is 0 Å². The quantitative estimate of drug-likeness (QED) is 0.588. The van der Waals surface area contributed by atoms with Crippen LogP contribution in [0.5, 0.6) is 5.75 Å². The summed E-state index contributed by atoms with van der Waals surface area (Å²) >= 11 is 4.58. The topological polar surface area (TPSA) is 62.2 Å². The van der Waals surface area contributed by atoms with Gasteiger partial charge in [0, 0.05) is 33.5 Å². The summed E-state index contributed by atoms with van der Waals surface area (Å²) in [4.78, 5) is 14.8. The van der Waals surface area contributed by atoms with Crippen LogP contribution in [0.1, 0.15) is 26.6 Å². The molecule has 0 aliphatic rings. The molecule has 3 aromatic rings. The van der Waals surface area contributed by atoms with Crippen LogP contribution in [0.3, 0.4) is 0 Å². The summed E-state index contributed by atoms with van der Waals surface area (Å²) < 4.78 is 33.2. The maximum atomic E-state index is 13.7. The van der Waals surface area contributed by atoms with Crippen LogP contribution < -0.4 is 9.84 Å². The Labute approximate surface area is 160 Å². The molecule has 2 aromatic carbocycles. The number of aromatic nitrogens is 1. The summed E-state index contributed by atoms with van der Waals surface area (Å²) in [5.74, 6) is -2.16. The van der Waals surface area contributed by atoms with E-state index in [0.717, 1.165) is 16.1 Å². The second-order valence-corrected chi connectivity index (χ2v) is 7.23. The van der Waals surface area contributed by atoms with Gasteiger partial charge in [0.25, 0.3) is 0 Å². The van der Waals surface area contributed by atoms with E-state index < -0.39 is 17.6 Å². The van der Waals surface area contributed by atoms with Crippen molar-refractivity contribution >= 4 is 33.2 Å². The molecule has 1 heterocycles. The van der Waals surface area contributed by atoms with Crippen LogP contribution in [-0.2, 0) is 13.0 Å². The van der Waals surface area contributed by atoms with Gasteiger partial charge in [-0.05, 0) is 30.3 Å². The van der Waals surface area contributed by atoms with Gasteiger partial charge in [-0.15, -0.1) is 11.3 Å². The van der Waals surface area contributed by atoms with E-state index in [0.29, 0.717) is 17.2 Å². The molecule has 0 N–H and O–H groups in total. The van der Waals surface area contributed by atoms with Crippen molar-refractivity contribution in [2.75, 3.05) is 0 Å². The van der Waals surface area contributed by atoms with Gasteiger partial charge in [0.05, 0.1) is 16.7 Å². The molecule has 0 saturated carbocycles. The number of nitrogens with zero attached hydrogens (tertiary/aromatic N) is 1. The smallest absolute Gasteiger partial charge is 0.132 e. The monoisotopic (exact) mass is 438 g/mol. The molecule has 0 atom stereocenters. The van der Waals surface area contributed by atoms with Crippen LogP contribution in [0.2, 0.25) is 0 Å². The summed E-state index contributed by atoms with van der Waals surface area (Å²) in [6.07, 6.45) is 0.346. The van der Waals surface area contributed by atoms with Gasteiger partial charge >= 0.3 is 0 Å². The number of carbonyl (C=O) groups excluding carboxylic acids is 1. The minimum Gasteiger partial charge on any atom is -0.543 e. The molecule has 4 nitrogen and oxygen atoms in total. The van der Waals surface area contributed by atoms with E-state index >= 15 is 0 Å². The molecule has 0 aliphatic carbocycles. The van der Waals surface area contributed by atoms with Crippen molar-refractivity contribution in [3.05, 3.63) is 79.7 Å². The Morgan fingerprint density at radius 2 is 2.00 bits per heavy atom. The fourth-order valence-corrected chi connectivity index (χ4v) is 3.46. The second kappa shape index (κ2) is 7.92.